The number of nitro groups is 1. The van der Waals surface area contributed by atoms with Gasteiger partial charge in [0.15, 0.2) is 0 Å². The van der Waals surface area contributed by atoms with Gasteiger partial charge in [0.25, 0.3) is 5.69 Å². The van der Waals surface area contributed by atoms with Crippen molar-refractivity contribution in [2.24, 2.45) is 0 Å². The van der Waals surface area contributed by atoms with Crippen molar-refractivity contribution in [3.63, 3.8) is 0 Å². The average molecular weight is 609 g/mol. The van der Waals surface area contributed by atoms with E-state index in [1.54, 1.807) is 42.6 Å². The zero-order chi connectivity index (χ0) is 29.5. The number of nitrogens with zero attached hydrogens (tertiary/aromatic N) is 4. The molecule has 11 heteroatoms. The molecule has 1 aromatic heterocycles. The van der Waals surface area contributed by atoms with Crippen molar-refractivity contribution >= 4 is 29.9 Å². The lowest BCUT2D eigenvalue weighted by Crippen LogP contribution is -2.47. The summed E-state index contributed by atoms with van der Waals surface area (Å²) in [7, 11) is 0. The molecule has 43 heavy (non-hydrogen) atoms. The molecule has 5 rings (SSSR count). The molecule has 2 heterocycles. The fourth-order valence-corrected chi connectivity index (χ4v) is 5.25. The number of carbonyl (C=O) groups is 1. The van der Waals surface area contributed by atoms with Crippen LogP contribution in [0.15, 0.2) is 91.1 Å². The van der Waals surface area contributed by atoms with Gasteiger partial charge < -0.3 is 9.64 Å². The number of nitro benzene ring substituents is 1. The minimum absolute atomic E-state index is 0. The summed E-state index contributed by atoms with van der Waals surface area (Å²) in [5.41, 5.74) is 2.11. The Kier molecular flexibility index (Phi) is 10.7. The van der Waals surface area contributed by atoms with Crippen LogP contribution in [0.2, 0.25) is 0 Å². The van der Waals surface area contributed by atoms with Crippen LogP contribution in [0.1, 0.15) is 40.2 Å². The Morgan fingerprint density at radius 3 is 2.14 bits per heavy atom. The van der Waals surface area contributed by atoms with Crippen LogP contribution in [0.4, 0.5) is 20.3 Å². The Labute approximate surface area is 254 Å². The molecule has 0 spiro atoms. The van der Waals surface area contributed by atoms with Crippen LogP contribution >= 0.6 is 12.4 Å². The molecule has 1 aliphatic rings. The summed E-state index contributed by atoms with van der Waals surface area (Å²) >= 11 is 0. The van der Waals surface area contributed by atoms with Crippen LogP contribution in [0.5, 0.6) is 5.75 Å². The first kappa shape index (κ1) is 31.5. The van der Waals surface area contributed by atoms with E-state index < -0.39 is 10.9 Å². The van der Waals surface area contributed by atoms with E-state index in [2.05, 4.69) is 9.88 Å². The summed E-state index contributed by atoms with van der Waals surface area (Å²) in [4.78, 5) is 32.4. The minimum atomic E-state index is -0.631. The highest BCUT2D eigenvalue weighted by molar-refractivity contribution is 5.96. The van der Waals surface area contributed by atoms with Crippen LogP contribution in [-0.2, 0) is 0 Å². The summed E-state index contributed by atoms with van der Waals surface area (Å²) in [6.07, 6.45) is 3.34. The molecule has 0 N–H and O–H groups in total. The summed E-state index contributed by atoms with van der Waals surface area (Å²) < 4.78 is 32.5. The Morgan fingerprint density at radius 1 is 0.907 bits per heavy atom. The standard InChI is InChI=1S/C32H30F2N4O4.ClH/c33-25-12-8-23(9-13-25)29(24-10-14-26(34)15-11-24)7-3-17-36-18-20-37(21-19-36)31-30(6-2-16-35-31)32(39)42-28-5-1-4-27(22-28)38(40)41;/h1-2,4-6,8-16,22,29H,3,7,17-21H2;1H. The molecule has 1 fully saturated rings. The number of halogens is 3. The molecule has 1 saturated heterocycles. The van der Waals surface area contributed by atoms with Crippen molar-refractivity contribution in [2.45, 2.75) is 18.8 Å². The van der Waals surface area contributed by atoms with E-state index in [0.29, 0.717) is 24.5 Å². The second kappa shape index (κ2) is 14.7. The van der Waals surface area contributed by atoms with Crippen molar-refractivity contribution in [1.82, 2.24) is 9.88 Å². The highest BCUT2D eigenvalue weighted by atomic mass is 35.5. The molecule has 8 nitrogen and oxygen atoms in total. The van der Waals surface area contributed by atoms with E-state index in [0.717, 1.165) is 43.6 Å². The largest absolute Gasteiger partial charge is 0.423 e. The first-order chi connectivity index (χ1) is 20.4. The van der Waals surface area contributed by atoms with Crippen molar-refractivity contribution in [3.05, 3.63) is 130 Å². The number of ether oxygens (including phenoxy) is 1. The number of hydrogen-bond donors (Lipinski definition) is 0. The lowest BCUT2D eigenvalue weighted by molar-refractivity contribution is -0.384. The summed E-state index contributed by atoms with van der Waals surface area (Å²) in [5, 5.41) is 11.1. The predicted octanol–water partition coefficient (Wildman–Crippen LogP) is 6.64. The molecule has 1 aliphatic heterocycles. The minimum Gasteiger partial charge on any atom is -0.423 e. The summed E-state index contributed by atoms with van der Waals surface area (Å²) in [6.45, 7) is 3.72. The maximum Gasteiger partial charge on any atom is 0.347 e. The van der Waals surface area contributed by atoms with Crippen molar-refractivity contribution < 1.29 is 23.2 Å². The fourth-order valence-electron chi connectivity index (χ4n) is 5.25. The number of esters is 1. The smallest absolute Gasteiger partial charge is 0.347 e. The second-order valence-corrected chi connectivity index (χ2v) is 10.1. The third-order valence-corrected chi connectivity index (χ3v) is 7.43. The van der Waals surface area contributed by atoms with Crippen molar-refractivity contribution in [2.75, 3.05) is 37.6 Å². The molecular formula is C32H31ClF2N4O4. The number of benzene rings is 3. The Balaban J connectivity index is 0.00000423. The third-order valence-electron chi connectivity index (χ3n) is 7.43. The van der Waals surface area contributed by atoms with E-state index in [1.807, 2.05) is 4.90 Å². The van der Waals surface area contributed by atoms with Gasteiger partial charge in [0.05, 0.1) is 11.0 Å². The average Bonchev–Trinajstić information content (AvgIpc) is 3.01. The number of pyridine rings is 1. The first-order valence-corrected chi connectivity index (χ1v) is 13.8. The van der Waals surface area contributed by atoms with Crippen LogP contribution in [0.25, 0.3) is 0 Å². The van der Waals surface area contributed by atoms with Gasteiger partial charge in [0.2, 0.25) is 0 Å². The van der Waals surface area contributed by atoms with Gasteiger partial charge in [-0.1, -0.05) is 30.3 Å². The van der Waals surface area contributed by atoms with E-state index >= 15 is 0 Å². The van der Waals surface area contributed by atoms with Crippen LogP contribution in [-0.4, -0.2) is 53.5 Å². The zero-order valence-electron chi connectivity index (χ0n) is 23.3. The molecule has 0 saturated carbocycles. The summed E-state index contributed by atoms with van der Waals surface area (Å²) in [6, 6.07) is 21.8. The van der Waals surface area contributed by atoms with Crippen LogP contribution < -0.4 is 9.64 Å². The van der Waals surface area contributed by atoms with Gasteiger partial charge in [-0.2, -0.15) is 0 Å². The Bertz CT molecular complexity index is 1490. The zero-order valence-corrected chi connectivity index (χ0v) is 24.1. The normalized spacial score (nSPS) is 13.4. The molecule has 4 aromatic rings. The SMILES string of the molecule is Cl.O=C(Oc1cccc([N+](=O)[O-])c1)c1cccnc1N1CCN(CCCC(c2ccc(F)cc2)c2ccc(F)cc2)CC1. The van der Waals surface area contributed by atoms with Crippen LogP contribution in [0.3, 0.4) is 0 Å². The number of anilines is 1. The molecule has 0 bridgehead atoms. The third kappa shape index (κ3) is 8.12. The number of rotatable bonds is 10. The van der Waals surface area contributed by atoms with Gasteiger partial charge in [0, 0.05) is 44.4 Å². The lowest BCUT2D eigenvalue weighted by atomic mass is 9.87. The Morgan fingerprint density at radius 2 is 1.53 bits per heavy atom. The molecule has 0 radical (unpaired) electrons. The molecular weight excluding hydrogens is 578 g/mol. The number of aromatic nitrogens is 1. The monoisotopic (exact) mass is 608 g/mol. The van der Waals surface area contributed by atoms with E-state index in [1.165, 1.54) is 48.5 Å². The van der Waals surface area contributed by atoms with Crippen molar-refractivity contribution in [1.29, 1.82) is 0 Å². The van der Waals surface area contributed by atoms with Gasteiger partial charge in [-0.05, 0) is 73.0 Å². The number of carbonyl (C=O) groups excluding carboxylic acids is 1. The fraction of sp³-hybridized carbons (Fsp3) is 0.250. The van der Waals surface area contributed by atoms with Gasteiger partial charge in [0.1, 0.15) is 28.8 Å². The Hall–Kier alpha value is -4.41. The highest BCUT2D eigenvalue weighted by Gasteiger charge is 2.24. The first-order valence-electron chi connectivity index (χ1n) is 13.8. The molecule has 3 aromatic carbocycles. The molecule has 0 amide bonds. The van der Waals surface area contributed by atoms with Crippen LogP contribution in [0, 0.1) is 21.7 Å². The van der Waals surface area contributed by atoms with Crippen molar-refractivity contribution in [3.8, 4) is 5.75 Å². The molecule has 0 unspecified atom stereocenters. The van der Waals surface area contributed by atoms with E-state index in [9.17, 15) is 23.7 Å². The quantitative estimate of drug-likeness (QED) is 0.0862. The number of hydrogen-bond acceptors (Lipinski definition) is 7. The maximum absolute atomic E-state index is 13.6. The summed E-state index contributed by atoms with van der Waals surface area (Å²) in [5.74, 6) is -0.575. The predicted molar refractivity (Wildman–Crippen MR) is 162 cm³/mol. The maximum atomic E-state index is 13.6. The molecule has 0 aliphatic carbocycles. The highest BCUT2D eigenvalue weighted by Crippen LogP contribution is 2.30. The number of non-ortho nitro benzene ring substituents is 1. The topological polar surface area (TPSA) is 88.8 Å². The van der Waals surface area contributed by atoms with Gasteiger partial charge >= 0.3 is 5.97 Å². The van der Waals surface area contributed by atoms with E-state index in [-0.39, 0.29) is 41.4 Å². The number of piperazine rings is 1. The molecule has 224 valence electrons. The second-order valence-electron chi connectivity index (χ2n) is 10.1. The van der Waals surface area contributed by atoms with Gasteiger partial charge in [-0.3, -0.25) is 15.0 Å². The van der Waals surface area contributed by atoms with Gasteiger partial charge in [-0.15, -0.1) is 12.4 Å². The molecule has 0 atom stereocenters. The van der Waals surface area contributed by atoms with Gasteiger partial charge in [-0.25, -0.2) is 18.6 Å². The van der Waals surface area contributed by atoms with E-state index in [4.69, 9.17) is 4.74 Å². The lowest BCUT2D eigenvalue weighted by Gasteiger charge is -2.36.